The highest BCUT2D eigenvalue weighted by Crippen LogP contribution is 1.95. The lowest BCUT2D eigenvalue weighted by atomic mass is 10.6. The number of aromatic nitrogens is 4. The number of imidazole rings is 1. The third-order valence-corrected chi connectivity index (χ3v) is 1.75. The van der Waals surface area contributed by atoms with Gasteiger partial charge >= 0.3 is 5.95 Å². The van der Waals surface area contributed by atoms with E-state index in [-0.39, 0.29) is 17.0 Å². The fraction of sp³-hybridized carbons (Fsp3) is 0.100. The molecule has 0 aliphatic rings. The zero-order valence-electron chi connectivity index (χ0n) is 7.92. The van der Waals surface area contributed by atoms with Gasteiger partial charge in [-0.3, -0.25) is 0 Å². The number of rotatable bonds is 2. The van der Waals surface area contributed by atoms with Crippen LogP contribution in [0.25, 0.3) is 5.95 Å². The van der Waals surface area contributed by atoms with Gasteiger partial charge in [0.1, 0.15) is 12.4 Å². The molecule has 0 fully saturated rings. The Kier molecular flexibility index (Phi) is 4.01. The highest BCUT2D eigenvalue weighted by molar-refractivity contribution is 5.07. The van der Waals surface area contributed by atoms with E-state index in [2.05, 4.69) is 15.9 Å². The summed E-state index contributed by atoms with van der Waals surface area (Å²) in [5.41, 5.74) is 0. The molecule has 2 aromatic rings. The third kappa shape index (κ3) is 2.64. The normalized spacial score (nSPS) is 9.00. The summed E-state index contributed by atoms with van der Waals surface area (Å²) in [6.07, 6.45) is 14.2. The molecule has 0 N–H and O–H groups in total. The number of halogens is 1. The van der Waals surface area contributed by atoms with E-state index in [0.717, 1.165) is 0 Å². The van der Waals surface area contributed by atoms with Gasteiger partial charge in [-0.15, -0.1) is 6.42 Å². The zero-order chi connectivity index (χ0) is 9.80. The van der Waals surface area contributed by atoms with Crippen LogP contribution < -0.4 is 21.5 Å². The van der Waals surface area contributed by atoms with Crippen LogP contribution in [0.3, 0.4) is 0 Å². The number of hydrogen-bond donors (Lipinski definition) is 0. The molecule has 2 heterocycles. The summed E-state index contributed by atoms with van der Waals surface area (Å²) in [5.74, 6) is 3.20. The van der Waals surface area contributed by atoms with Crippen molar-refractivity contribution in [3.8, 4) is 18.3 Å². The standard InChI is InChI=1S/C10H9N4.BrH/c1-2-6-13-7-8-14(9-13)10-11-4-3-5-12-10;/h1,3-5,7-9H,6H2;1H/q+1;/p-1. The van der Waals surface area contributed by atoms with Crippen LogP contribution in [0, 0.1) is 12.3 Å². The van der Waals surface area contributed by atoms with Crippen LogP contribution in [0.1, 0.15) is 0 Å². The Morgan fingerprint density at radius 2 is 2.13 bits per heavy atom. The van der Waals surface area contributed by atoms with Crippen molar-refractivity contribution in [1.82, 2.24) is 14.5 Å². The predicted molar refractivity (Wildman–Crippen MR) is 50.4 cm³/mol. The Bertz CT molecular complexity index is 458. The minimum Gasteiger partial charge on any atom is -1.00 e. The first-order valence-corrected chi connectivity index (χ1v) is 4.18. The third-order valence-electron chi connectivity index (χ3n) is 1.75. The van der Waals surface area contributed by atoms with Crippen molar-refractivity contribution in [1.29, 1.82) is 0 Å². The molecule has 4 nitrogen and oxygen atoms in total. The lowest BCUT2D eigenvalue weighted by molar-refractivity contribution is -0.684. The lowest BCUT2D eigenvalue weighted by Crippen LogP contribution is -3.00. The van der Waals surface area contributed by atoms with Gasteiger partial charge in [0, 0.05) is 12.4 Å². The van der Waals surface area contributed by atoms with Crippen LogP contribution >= 0.6 is 0 Å². The first kappa shape index (κ1) is 11.4. The van der Waals surface area contributed by atoms with Crippen LogP contribution in [0.5, 0.6) is 0 Å². The molecule has 0 atom stereocenters. The van der Waals surface area contributed by atoms with Gasteiger partial charge in [-0.2, -0.15) is 14.5 Å². The van der Waals surface area contributed by atoms with E-state index in [1.54, 1.807) is 18.5 Å². The first-order chi connectivity index (χ1) is 6.90. The number of terminal acetylenes is 1. The van der Waals surface area contributed by atoms with E-state index in [9.17, 15) is 0 Å². The molecule has 15 heavy (non-hydrogen) atoms. The van der Waals surface area contributed by atoms with Crippen molar-refractivity contribution < 1.29 is 21.5 Å². The molecule has 0 aromatic carbocycles. The minimum atomic E-state index is 0. The summed E-state index contributed by atoms with van der Waals surface area (Å²) >= 11 is 0. The minimum absolute atomic E-state index is 0. The van der Waals surface area contributed by atoms with E-state index < -0.39 is 0 Å². The summed E-state index contributed by atoms with van der Waals surface area (Å²) in [4.78, 5) is 8.22. The van der Waals surface area contributed by atoms with Gasteiger partial charge in [0.2, 0.25) is 0 Å². The molecule has 0 aliphatic heterocycles. The highest BCUT2D eigenvalue weighted by Gasteiger charge is 2.06. The molecule has 0 saturated heterocycles. The quantitative estimate of drug-likeness (QED) is 0.434. The SMILES string of the molecule is C#CC[n+]1ccn(-c2ncccn2)c1.[Br-]. The summed E-state index contributed by atoms with van der Waals surface area (Å²) in [5, 5.41) is 0. The van der Waals surface area contributed by atoms with Crippen molar-refractivity contribution in [2.75, 3.05) is 0 Å². The molecule has 0 spiro atoms. The maximum Gasteiger partial charge on any atom is 0.325 e. The second-order valence-corrected chi connectivity index (χ2v) is 2.75. The van der Waals surface area contributed by atoms with Gasteiger partial charge < -0.3 is 17.0 Å². The van der Waals surface area contributed by atoms with Gasteiger partial charge in [-0.25, -0.2) is 4.57 Å². The predicted octanol–water partition coefficient (Wildman–Crippen LogP) is -2.81. The Morgan fingerprint density at radius 1 is 1.40 bits per heavy atom. The van der Waals surface area contributed by atoms with E-state index in [0.29, 0.717) is 12.5 Å². The van der Waals surface area contributed by atoms with E-state index >= 15 is 0 Å². The molecule has 0 bridgehead atoms. The molecule has 0 radical (unpaired) electrons. The Hall–Kier alpha value is -1.67. The monoisotopic (exact) mass is 264 g/mol. The summed E-state index contributed by atoms with van der Waals surface area (Å²) in [7, 11) is 0. The van der Waals surface area contributed by atoms with Crippen LogP contribution in [0.4, 0.5) is 0 Å². The lowest BCUT2D eigenvalue weighted by Gasteiger charge is -1.90. The van der Waals surface area contributed by atoms with E-state index in [4.69, 9.17) is 6.42 Å². The molecule has 2 rings (SSSR count). The van der Waals surface area contributed by atoms with Crippen LogP contribution in [-0.4, -0.2) is 14.5 Å². The molecule has 76 valence electrons. The topological polar surface area (TPSA) is 34.6 Å². The smallest absolute Gasteiger partial charge is 0.325 e. The van der Waals surface area contributed by atoms with Crippen LogP contribution in [0.15, 0.2) is 37.2 Å². The summed E-state index contributed by atoms with van der Waals surface area (Å²) in [6, 6.07) is 1.78. The molecular formula is C10H9BrN4. The van der Waals surface area contributed by atoms with Crippen molar-refractivity contribution in [3.63, 3.8) is 0 Å². The highest BCUT2D eigenvalue weighted by atomic mass is 79.9. The van der Waals surface area contributed by atoms with Gasteiger partial charge in [0.25, 0.3) is 6.33 Å². The second-order valence-electron chi connectivity index (χ2n) is 2.75. The Morgan fingerprint density at radius 3 is 2.80 bits per heavy atom. The fourth-order valence-electron chi connectivity index (χ4n) is 1.14. The average Bonchev–Trinajstić information content (AvgIpc) is 2.68. The maximum atomic E-state index is 5.20. The molecule has 0 amide bonds. The molecule has 0 unspecified atom stereocenters. The van der Waals surface area contributed by atoms with E-state index in [1.807, 2.05) is 27.9 Å². The molecule has 0 saturated carbocycles. The van der Waals surface area contributed by atoms with Crippen LogP contribution in [0.2, 0.25) is 0 Å². The van der Waals surface area contributed by atoms with Gasteiger partial charge in [0.15, 0.2) is 6.54 Å². The fourth-order valence-corrected chi connectivity index (χ4v) is 1.14. The maximum absolute atomic E-state index is 5.20. The molecular weight excluding hydrogens is 256 g/mol. The van der Waals surface area contributed by atoms with Crippen LogP contribution in [-0.2, 0) is 6.54 Å². The first-order valence-electron chi connectivity index (χ1n) is 4.18. The molecule has 2 aromatic heterocycles. The van der Waals surface area contributed by atoms with Gasteiger partial charge in [-0.1, -0.05) is 5.92 Å². The van der Waals surface area contributed by atoms with Gasteiger partial charge in [-0.05, 0) is 6.07 Å². The van der Waals surface area contributed by atoms with Crippen molar-refractivity contribution >= 4 is 0 Å². The molecule has 0 aliphatic carbocycles. The zero-order valence-corrected chi connectivity index (χ0v) is 9.50. The van der Waals surface area contributed by atoms with Crippen molar-refractivity contribution in [3.05, 3.63) is 37.2 Å². The van der Waals surface area contributed by atoms with Gasteiger partial charge in [0.05, 0.1) is 0 Å². The van der Waals surface area contributed by atoms with E-state index in [1.165, 1.54) is 0 Å². The molecule has 5 heteroatoms. The Labute approximate surface area is 98.4 Å². The van der Waals surface area contributed by atoms with Crippen molar-refractivity contribution in [2.24, 2.45) is 0 Å². The largest absolute Gasteiger partial charge is 1.00 e. The second kappa shape index (κ2) is 5.27. The Balaban J connectivity index is 0.00000112. The van der Waals surface area contributed by atoms with Crippen molar-refractivity contribution in [2.45, 2.75) is 6.54 Å². The number of hydrogen-bond acceptors (Lipinski definition) is 2. The summed E-state index contributed by atoms with van der Waals surface area (Å²) < 4.78 is 3.70. The average molecular weight is 265 g/mol. The number of nitrogens with zero attached hydrogens (tertiary/aromatic N) is 4. The summed E-state index contributed by atoms with van der Waals surface area (Å²) in [6.45, 7) is 0.555.